The molecule has 0 aliphatic carbocycles. The number of carbonyl (C=O) groups excluding carboxylic acids is 2. The third kappa shape index (κ3) is 3.08. The van der Waals surface area contributed by atoms with Gasteiger partial charge in [-0.05, 0) is 23.8 Å². The number of esters is 2. The van der Waals surface area contributed by atoms with Crippen molar-refractivity contribution in [2.45, 2.75) is 0 Å². The van der Waals surface area contributed by atoms with Gasteiger partial charge >= 0.3 is 11.9 Å². The topological polar surface area (TPSA) is 107 Å². The molecule has 1 heterocycles. The van der Waals surface area contributed by atoms with E-state index in [0.29, 0.717) is 38.9 Å². The van der Waals surface area contributed by atoms with Crippen LogP contribution in [-0.4, -0.2) is 50.5 Å². The fourth-order valence-electron chi connectivity index (χ4n) is 3.96. The Morgan fingerprint density at radius 2 is 1.50 bits per heavy atom. The number of aromatic hydroxyl groups is 1. The number of fused-ring (bicyclic) bond motifs is 3. The van der Waals surface area contributed by atoms with Crippen LogP contribution in [0.1, 0.15) is 20.7 Å². The Morgan fingerprint density at radius 1 is 0.844 bits per heavy atom. The Hall–Kier alpha value is -4.20. The summed E-state index contributed by atoms with van der Waals surface area (Å²) in [5.74, 6) is -1.11. The standard InChI is InChI=1S/C24H21NO7/c1-29-15-10-9-12(11-16(15)30-2)17-19(23(27)31-3)20(24(28)32-4)22(26)18-13-7-5-6-8-14(13)25-21(17)18/h5-11,25-26H,1-4H3. The van der Waals surface area contributed by atoms with Gasteiger partial charge in [-0.15, -0.1) is 0 Å². The van der Waals surface area contributed by atoms with Crippen molar-refractivity contribution in [1.82, 2.24) is 4.98 Å². The molecule has 0 fully saturated rings. The monoisotopic (exact) mass is 435 g/mol. The summed E-state index contributed by atoms with van der Waals surface area (Å²) < 4.78 is 20.6. The number of para-hydroxylation sites is 1. The number of aromatic nitrogens is 1. The van der Waals surface area contributed by atoms with Crippen molar-refractivity contribution in [3.63, 3.8) is 0 Å². The smallest absolute Gasteiger partial charge is 0.342 e. The molecule has 0 aliphatic heterocycles. The highest BCUT2D eigenvalue weighted by molar-refractivity contribution is 6.23. The third-order valence-electron chi connectivity index (χ3n) is 5.38. The molecule has 0 saturated heterocycles. The summed E-state index contributed by atoms with van der Waals surface area (Å²) in [6, 6.07) is 12.4. The van der Waals surface area contributed by atoms with Crippen LogP contribution in [0, 0.1) is 0 Å². The van der Waals surface area contributed by atoms with Crippen LogP contribution in [0.15, 0.2) is 42.5 Å². The number of benzene rings is 3. The molecule has 0 spiro atoms. The first-order valence-corrected chi connectivity index (χ1v) is 9.65. The van der Waals surface area contributed by atoms with Gasteiger partial charge in [0.1, 0.15) is 11.3 Å². The summed E-state index contributed by atoms with van der Waals surface area (Å²) in [6.07, 6.45) is 0. The third-order valence-corrected chi connectivity index (χ3v) is 5.38. The van der Waals surface area contributed by atoms with Crippen LogP contribution in [0.25, 0.3) is 32.9 Å². The fraction of sp³-hybridized carbons (Fsp3) is 0.167. The highest BCUT2D eigenvalue weighted by atomic mass is 16.5. The van der Waals surface area contributed by atoms with E-state index in [4.69, 9.17) is 18.9 Å². The lowest BCUT2D eigenvalue weighted by Crippen LogP contribution is -2.14. The normalized spacial score (nSPS) is 10.9. The van der Waals surface area contributed by atoms with E-state index in [1.165, 1.54) is 28.4 Å². The zero-order valence-electron chi connectivity index (χ0n) is 17.9. The van der Waals surface area contributed by atoms with Crippen molar-refractivity contribution in [2.24, 2.45) is 0 Å². The number of ether oxygens (including phenoxy) is 4. The summed E-state index contributed by atoms with van der Waals surface area (Å²) in [5.41, 5.74) is 1.69. The second-order valence-corrected chi connectivity index (χ2v) is 6.95. The predicted molar refractivity (Wildman–Crippen MR) is 119 cm³/mol. The molecule has 3 aromatic carbocycles. The first-order chi connectivity index (χ1) is 15.5. The first kappa shape index (κ1) is 21.0. The van der Waals surface area contributed by atoms with Gasteiger partial charge in [-0.25, -0.2) is 9.59 Å². The van der Waals surface area contributed by atoms with E-state index in [1.807, 2.05) is 24.3 Å². The van der Waals surface area contributed by atoms with Crippen LogP contribution < -0.4 is 9.47 Å². The SMILES string of the molecule is COC(=O)c1c(C(=O)OC)c(O)c2c([nH]c3ccccc32)c1-c1ccc(OC)c(OC)c1. The Morgan fingerprint density at radius 3 is 2.16 bits per heavy atom. The van der Waals surface area contributed by atoms with E-state index in [9.17, 15) is 14.7 Å². The van der Waals surface area contributed by atoms with Crippen molar-refractivity contribution in [3.05, 3.63) is 53.6 Å². The Bertz CT molecular complexity index is 1370. The molecule has 0 bridgehead atoms. The number of carbonyl (C=O) groups is 2. The van der Waals surface area contributed by atoms with E-state index >= 15 is 0 Å². The molecule has 164 valence electrons. The van der Waals surface area contributed by atoms with E-state index in [-0.39, 0.29) is 16.9 Å². The second kappa shape index (κ2) is 8.14. The Balaban J connectivity index is 2.25. The summed E-state index contributed by atoms with van der Waals surface area (Å²) in [5, 5.41) is 12.2. The van der Waals surface area contributed by atoms with Crippen LogP contribution in [0.2, 0.25) is 0 Å². The number of H-pyrrole nitrogens is 1. The molecule has 1 aromatic heterocycles. The number of nitrogens with one attached hydrogen (secondary N) is 1. The van der Waals surface area contributed by atoms with Gasteiger partial charge in [0.15, 0.2) is 11.5 Å². The summed E-state index contributed by atoms with van der Waals surface area (Å²) in [4.78, 5) is 28.9. The molecule has 0 saturated carbocycles. The number of phenolic OH excluding ortho intramolecular Hbond substituents is 1. The summed E-state index contributed by atoms with van der Waals surface area (Å²) in [6.45, 7) is 0. The number of aromatic amines is 1. The molecular weight excluding hydrogens is 414 g/mol. The molecule has 8 heteroatoms. The van der Waals surface area contributed by atoms with Crippen molar-refractivity contribution in [3.8, 4) is 28.4 Å². The van der Waals surface area contributed by atoms with Crippen LogP contribution in [0.5, 0.6) is 17.2 Å². The lowest BCUT2D eigenvalue weighted by molar-refractivity contribution is 0.0553. The first-order valence-electron chi connectivity index (χ1n) is 9.65. The lowest BCUT2D eigenvalue weighted by Gasteiger charge is -2.17. The lowest BCUT2D eigenvalue weighted by atomic mass is 9.90. The molecule has 32 heavy (non-hydrogen) atoms. The van der Waals surface area contributed by atoms with Gasteiger partial charge in [0.2, 0.25) is 0 Å². The van der Waals surface area contributed by atoms with Crippen LogP contribution >= 0.6 is 0 Å². The molecule has 8 nitrogen and oxygen atoms in total. The molecule has 0 radical (unpaired) electrons. The maximum atomic E-state index is 12.9. The van der Waals surface area contributed by atoms with E-state index in [1.54, 1.807) is 18.2 Å². The van der Waals surface area contributed by atoms with Gasteiger partial charge < -0.3 is 29.0 Å². The van der Waals surface area contributed by atoms with E-state index in [2.05, 4.69) is 4.98 Å². The maximum absolute atomic E-state index is 12.9. The number of methoxy groups -OCH3 is 4. The number of phenols is 1. The summed E-state index contributed by atoms with van der Waals surface area (Å²) in [7, 11) is 5.40. The van der Waals surface area contributed by atoms with Gasteiger partial charge in [-0.2, -0.15) is 0 Å². The van der Waals surface area contributed by atoms with Gasteiger partial charge in [0.05, 0.1) is 44.9 Å². The molecular formula is C24H21NO7. The molecule has 0 unspecified atom stereocenters. The van der Waals surface area contributed by atoms with Crippen LogP contribution in [-0.2, 0) is 9.47 Å². The minimum absolute atomic E-state index is 0.122. The van der Waals surface area contributed by atoms with Crippen molar-refractivity contribution >= 4 is 33.7 Å². The minimum atomic E-state index is -0.864. The van der Waals surface area contributed by atoms with E-state index in [0.717, 1.165) is 5.52 Å². The van der Waals surface area contributed by atoms with Crippen molar-refractivity contribution in [2.75, 3.05) is 28.4 Å². The van der Waals surface area contributed by atoms with Crippen molar-refractivity contribution in [1.29, 1.82) is 0 Å². The second-order valence-electron chi connectivity index (χ2n) is 6.95. The fourth-order valence-corrected chi connectivity index (χ4v) is 3.96. The average Bonchev–Trinajstić information content (AvgIpc) is 3.22. The molecule has 4 aromatic rings. The van der Waals surface area contributed by atoms with Crippen LogP contribution in [0.4, 0.5) is 0 Å². The van der Waals surface area contributed by atoms with E-state index < -0.39 is 11.9 Å². The largest absolute Gasteiger partial charge is 0.506 e. The predicted octanol–water partition coefficient (Wildman–Crippen LogP) is 4.28. The molecule has 0 amide bonds. The molecule has 0 aliphatic rings. The number of hydrogen-bond donors (Lipinski definition) is 2. The minimum Gasteiger partial charge on any atom is -0.506 e. The van der Waals surface area contributed by atoms with Gasteiger partial charge in [0.25, 0.3) is 0 Å². The van der Waals surface area contributed by atoms with Gasteiger partial charge in [-0.1, -0.05) is 24.3 Å². The maximum Gasteiger partial charge on any atom is 0.342 e. The van der Waals surface area contributed by atoms with Crippen molar-refractivity contribution < 1.29 is 33.6 Å². The highest BCUT2D eigenvalue weighted by Gasteiger charge is 2.32. The highest BCUT2D eigenvalue weighted by Crippen LogP contribution is 2.45. The Labute approximate surface area is 183 Å². The van der Waals surface area contributed by atoms with Crippen LogP contribution in [0.3, 0.4) is 0 Å². The molecule has 4 rings (SSSR count). The van der Waals surface area contributed by atoms with Gasteiger partial charge in [0, 0.05) is 16.5 Å². The Kier molecular flexibility index (Phi) is 5.36. The molecule has 2 N–H and O–H groups in total. The zero-order chi connectivity index (χ0) is 23.0. The number of hydrogen-bond acceptors (Lipinski definition) is 7. The quantitative estimate of drug-likeness (QED) is 0.451. The molecule has 0 atom stereocenters. The zero-order valence-corrected chi connectivity index (χ0v) is 17.9. The number of rotatable bonds is 5. The summed E-state index contributed by atoms with van der Waals surface area (Å²) >= 11 is 0. The van der Waals surface area contributed by atoms with Gasteiger partial charge in [-0.3, -0.25) is 0 Å². The average molecular weight is 435 g/mol.